The summed E-state index contributed by atoms with van der Waals surface area (Å²) in [5, 5.41) is 0. The van der Waals surface area contributed by atoms with Crippen LogP contribution in [0.1, 0.15) is 65.3 Å². The average Bonchev–Trinajstić information content (AvgIpc) is 3.08. The highest BCUT2D eigenvalue weighted by atomic mass is 19.1. The molecule has 52 heavy (non-hydrogen) atoms. The Hall–Kier alpha value is -3.36. The summed E-state index contributed by atoms with van der Waals surface area (Å²) in [6, 6.07) is 8.53. The minimum absolute atomic E-state index is 0.0431. The first kappa shape index (κ1) is 38.4. The van der Waals surface area contributed by atoms with Crippen LogP contribution in [0.4, 0.5) is 14.9 Å². The van der Waals surface area contributed by atoms with E-state index in [1.54, 1.807) is 12.1 Å². The summed E-state index contributed by atoms with van der Waals surface area (Å²) < 4.78 is 37.3. The highest BCUT2D eigenvalue weighted by Crippen LogP contribution is 2.36. The lowest BCUT2D eigenvalue weighted by Crippen LogP contribution is -2.65. The number of halogens is 1. The van der Waals surface area contributed by atoms with Gasteiger partial charge in [-0.15, -0.1) is 0 Å². The molecule has 0 bridgehead atoms. The van der Waals surface area contributed by atoms with Gasteiger partial charge in [-0.05, 0) is 84.2 Å². The van der Waals surface area contributed by atoms with Crippen molar-refractivity contribution in [1.29, 1.82) is 0 Å². The van der Waals surface area contributed by atoms with E-state index in [1.807, 2.05) is 50.5 Å². The van der Waals surface area contributed by atoms with Gasteiger partial charge in [-0.2, -0.15) is 0 Å². The third-order valence-corrected chi connectivity index (χ3v) is 10.5. The van der Waals surface area contributed by atoms with Crippen molar-refractivity contribution in [2.75, 3.05) is 77.2 Å². The number of amides is 2. The van der Waals surface area contributed by atoms with Gasteiger partial charge in [0.25, 0.3) is 0 Å². The molecule has 3 saturated heterocycles. The molecule has 0 aliphatic carbocycles. The van der Waals surface area contributed by atoms with Crippen LogP contribution in [0, 0.1) is 5.82 Å². The van der Waals surface area contributed by atoms with Crippen molar-refractivity contribution in [3.8, 4) is 5.88 Å². The minimum Gasteiger partial charge on any atom is -0.474 e. The van der Waals surface area contributed by atoms with Gasteiger partial charge in [0.2, 0.25) is 11.8 Å². The molecule has 4 aliphatic rings. The molecule has 2 amide bonds. The van der Waals surface area contributed by atoms with E-state index in [-0.39, 0.29) is 54.6 Å². The number of rotatable bonds is 8. The first-order chi connectivity index (χ1) is 24.8. The van der Waals surface area contributed by atoms with E-state index in [4.69, 9.17) is 23.9 Å². The normalized spacial score (nSPS) is 26.5. The van der Waals surface area contributed by atoms with Gasteiger partial charge in [-0.1, -0.05) is 12.1 Å². The number of carbonyl (C=O) groups excluding carboxylic acids is 2. The minimum atomic E-state index is -0.613. The van der Waals surface area contributed by atoms with Gasteiger partial charge in [-0.3, -0.25) is 19.5 Å². The molecule has 286 valence electrons. The predicted octanol–water partition coefficient (Wildman–Crippen LogP) is 4.18. The van der Waals surface area contributed by atoms with Crippen LogP contribution in [0.2, 0.25) is 0 Å². The molecule has 0 radical (unpaired) electrons. The highest BCUT2D eigenvalue weighted by molar-refractivity contribution is 5.97. The van der Waals surface area contributed by atoms with E-state index in [9.17, 15) is 14.0 Å². The lowest BCUT2D eigenvalue weighted by Gasteiger charge is -2.49. The molecule has 0 unspecified atom stereocenters. The largest absolute Gasteiger partial charge is 0.474 e. The van der Waals surface area contributed by atoms with Crippen LogP contribution in [0.3, 0.4) is 0 Å². The molecule has 5 atom stereocenters. The Labute approximate surface area is 308 Å². The molecule has 5 heterocycles. The van der Waals surface area contributed by atoms with Crippen LogP contribution in [0.5, 0.6) is 5.88 Å². The SMILES string of the molecule is C[C@@H]1CN(CC(=O)N2c3cc(Cc4ccc(F)cc4)c(CN4CCOCC4)nc3OC[C@@H]2C)[C@@H](CN2[C@H](C)COC[C@H]2C)CN1C(=O)OC(C)(C)C. The molecule has 0 spiro atoms. The van der Waals surface area contributed by atoms with Gasteiger partial charge in [0.05, 0.1) is 44.7 Å². The number of fused-ring (bicyclic) bond motifs is 1. The number of ether oxygens (including phenoxy) is 4. The Balaban J connectivity index is 1.28. The lowest BCUT2D eigenvalue weighted by molar-refractivity contribution is -0.123. The van der Waals surface area contributed by atoms with Crippen molar-refractivity contribution in [3.05, 3.63) is 53.0 Å². The second-order valence-corrected chi connectivity index (χ2v) is 16.0. The van der Waals surface area contributed by atoms with Crippen LogP contribution < -0.4 is 9.64 Å². The molecule has 2 aromatic rings. The fraction of sp³-hybridized carbons (Fsp3) is 0.667. The van der Waals surface area contributed by atoms with Crippen LogP contribution in [0.25, 0.3) is 0 Å². The van der Waals surface area contributed by atoms with E-state index in [2.05, 4.69) is 28.5 Å². The number of piperazine rings is 1. The van der Waals surface area contributed by atoms with Crippen molar-refractivity contribution in [1.82, 2.24) is 24.6 Å². The van der Waals surface area contributed by atoms with Crippen molar-refractivity contribution < 1.29 is 32.9 Å². The van der Waals surface area contributed by atoms with Crippen LogP contribution in [-0.4, -0.2) is 145 Å². The molecule has 3 fully saturated rings. The van der Waals surface area contributed by atoms with E-state index in [0.717, 1.165) is 29.9 Å². The Morgan fingerprint density at radius 1 is 0.923 bits per heavy atom. The zero-order valence-electron chi connectivity index (χ0n) is 32.0. The smallest absolute Gasteiger partial charge is 0.410 e. The van der Waals surface area contributed by atoms with Gasteiger partial charge in [0.1, 0.15) is 23.7 Å². The van der Waals surface area contributed by atoms with Gasteiger partial charge in [0, 0.05) is 63.4 Å². The number of nitrogens with zero attached hydrogens (tertiary/aromatic N) is 6. The lowest BCUT2D eigenvalue weighted by atomic mass is 10.0. The van der Waals surface area contributed by atoms with E-state index < -0.39 is 5.60 Å². The maximum absolute atomic E-state index is 14.6. The Morgan fingerprint density at radius 3 is 2.29 bits per heavy atom. The van der Waals surface area contributed by atoms with E-state index in [1.165, 1.54) is 12.1 Å². The molecular weight excluding hydrogens is 667 g/mol. The van der Waals surface area contributed by atoms with Crippen LogP contribution in [0.15, 0.2) is 30.3 Å². The average molecular weight is 725 g/mol. The number of hydrogen-bond donors (Lipinski definition) is 0. The number of carbonyl (C=O) groups is 2. The van der Waals surface area contributed by atoms with Crippen LogP contribution in [-0.2, 0) is 32.0 Å². The Kier molecular flexibility index (Phi) is 12.1. The second-order valence-electron chi connectivity index (χ2n) is 16.0. The summed E-state index contributed by atoms with van der Waals surface area (Å²) in [7, 11) is 0. The van der Waals surface area contributed by atoms with E-state index in [0.29, 0.717) is 77.2 Å². The van der Waals surface area contributed by atoms with Gasteiger partial charge in [0.15, 0.2) is 0 Å². The predicted molar refractivity (Wildman–Crippen MR) is 196 cm³/mol. The summed E-state index contributed by atoms with van der Waals surface area (Å²) in [6.45, 7) is 21.0. The molecule has 0 N–H and O–H groups in total. The Bertz CT molecular complexity index is 1540. The molecule has 12 nitrogen and oxygen atoms in total. The van der Waals surface area contributed by atoms with Gasteiger partial charge >= 0.3 is 6.09 Å². The number of aromatic nitrogens is 1. The first-order valence-corrected chi connectivity index (χ1v) is 18.8. The molecular formula is C39H57FN6O6. The highest BCUT2D eigenvalue weighted by Gasteiger charge is 2.41. The zero-order valence-corrected chi connectivity index (χ0v) is 32.0. The molecule has 0 saturated carbocycles. The molecule has 6 rings (SSSR count). The zero-order chi connectivity index (χ0) is 37.2. The topological polar surface area (TPSA) is 100 Å². The summed E-state index contributed by atoms with van der Waals surface area (Å²) in [5.74, 6) is 0.128. The Morgan fingerprint density at radius 2 is 1.62 bits per heavy atom. The number of anilines is 1. The van der Waals surface area contributed by atoms with Gasteiger partial charge in [-0.25, -0.2) is 14.2 Å². The first-order valence-electron chi connectivity index (χ1n) is 18.8. The summed E-state index contributed by atoms with van der Waals surface area (Å²) in [6.07, 6.45) is 0.209. The summed E-state index contributed by atoms with van der Waals surface area (Å²) >= 11 is 0. The number of morpholine rings is 2. The van der Waals surface area contributed by atoms with E-state index >= 15 is 0 Å². The number of hydrogen-bond acceptors (Lipinski definition) is 10. The molecule has 13 heteroatoms. The van der Waals surface area contributed by atoms with Crippen molar-refractivity contribution >= 4 is 17.7 Å². The fourth-order valence-corrected chi connectivity index (χ4v) is 7.75. The molecule has 4 aliphatic heterocycles. The third kappa shape index (κ3) is 9.22. The maximum Gasteiger partial charge on any atom is 0.410 e. The summed E-state index contributed by atoms with van der Waals surface area (Å²) in [4.78, 5) is 43.7. The quantitative estimate of drug-likeness (QED) is 0.395. The third-order valence-electron chi connectivity index (χ3n) is 10.5. The van der Waals surface area contributed by atoms with Crippen LogP contribution >= 0.6 is 0 Å². The molecule has 1 aromatic heterocycles. The van der Waals surface area contributed by atoms with Gasteiger partial charge < -0.3 is 28.7 Å². The van der Waals surface area contributed by atoms with Crippen molar-refractivity contribution in [3.63, 3.8) is 0 Å². The molecule has 1 aromatic carbocycles. The van der Waals surface area contributed by atoms with Crippen molar-refractivity contribution in [2.45, 2.75) is 97.2 Å². The fourth-order valence-electron chi connectivity index (χ4n) is 7.75. The summed E-state index contributed by atoms with van der Waals surface area (Å²) in [5.41, 5.74) is 2.85. The standard InChI is InChI=1S/C39H57FN6O6/c1-26-18-43(33(19-44-27(2)23-50-24-28(44)3)20-45(26)38(48)52-39(5,6)7)22-36(47)46-29(4)25-51-37-35(46)17-31(16-30-8-10-32(40)11-9-30)34(41-37)21-42-12-14-49-15-13-42/h8-11,17,26-29,33H,12-16,18-25H2,1-7H3/t26-,27-,28-,29+,33+/m1/s1. The second kappa shape index (κ2) is 16.3. The number of benzene rings is 1. The van der Waals surface area contributed by atoms with Crippen molar-refractivity contribution in [2.24, 2.45) is 0 Å². The monoisotopic (exact) mass is 724 g/mol. The number of pyridine rings is 1. The maximum atomic E-state index is 14.6.